The number of carbonyl (C=O) groups excluding carboxylic acids is 1. The van der Waals surface area contributed by atoms with Crippen LogP contribution >= 0.6 is 0 Å². The lowest BCUT2D eigenvalue weighted by Crippen LogP contribution is -2.16. The number of aromatic nitrogens is 3. The molecule has 0 saturated heterocycles. The first-order valence-corrected chi connectivity index (χ1v) is 7.83. The number of benzene rings is 1. The van der Waals surface area contributed by atoms with Crippen LogP contribution in [0.15, 0.2) is 60.8 Å². The van der Waals surface area contributed by atoms with Gasteiger partial charge in [0.1, 0.15) is 5.82 Å². The first-order chi connectivity index (χ1) is 12.2. The summed E-state index contributed by atoms with van der Waals surface area (Å²) in [5.41, 5.74) is 3.26. The summed E-state index contributed by atoms with van der Waals surface area (Å²) in [7, 11) is 1.31. The van der Waals surface area contributed by atoms with Crippen molar-refractivity contribution in [2.75, 3.05) is 12.4 Å². The molecular formula is C19H18N4O2. The van der Waals surface area contributed by atoms with Crippen molar-refractivity contribution < 1.29 is 9.53 Å². The Morgan fingerprint density at radius 3 is 2.60 bits per heavy atom. The van der Waals surface area contributed by atoms with Crippen LogP contribution in [0.4, 0.5) is 5.82 Å². The highest BCUT2D eigenvalue weighted by Gasteiger charge is 2.17. The maximum absolute atomic E-state index is 11.5. The number of aryl methyl sites for hydroxylation is 1. The van der Waals surface area contributed by atoms with Crippen molar-refractivity contribution in [3.8, 4) is 0 Å². The van der Waals surface area contributed by atoms with Gasteiger partial charge in [-0.3, -0.25) is 4.98 Å². The second-order valence-electron chi connectivity index (χ2n) is 5.54. The Labute approximate surface area is 145 Å². The molecule has 0 unspecified atom stereocenters. The van der Waals surface area contributed by atoms with Crippen molar-refractivity contribution in [2.45, 2.75) is 13.0 Å². The Bertz CT molecular complexity index is 851. The molecule has 2 aromatic heterocycles. The molecule has 0 spiro atoms. The molecule has 0 aliphatic carbocycles. The first kappa shape index (κ1) is 16.6. The van der Waals surface area contributed by atoms with Crippen molar-refractivity contribution in [2.24, 2.45) is 0 Å². The van der Waals surface area contributed by atoms with E-state index in [-0.39, 0.29) is 11.7 Å². The number of pyridine rings is 1. The van der Waals surface area contributed by atoms with Gasteiger partial charge in [0.05, 0.1) is 18.8 Å². The molecule has 1 aromatic carbocycles. The number of carbonyl (C=O) groups is 1. The van der Waals surface area contributed by atoms with E-state index >= 15 is 0 Å². The van der Waals surface area contributed by atoms with Gasteiger partial charge in [0.25, 0.3) is 0 Å². The number of nitrogens with zero attached hydrogens (tertiary/aromatic N) is 3. The molecule has 0 saturated carbocycles. The topological polar surface area (TPSA) is 77.0 Å². The van der Waals surface area contributed by atoms with Gasteiger partial charge in [-0.1, -0.05) is 35.9 Å². The lowest BCUT2D eigenvalue weighted by atomic mass is 10.0. The summed E-state index contributed by atoms with van der Waals surface area (Å²) in [6, 6.07) is 17.1. The van der Waals surface area contributed by atoms with E-state index in [0.29, 0.717) is 5.82 Å². The summed E-state index contributed by atoms with van der Waals surface area (Å²) >= 11 is 0. The predicted molar refractivity (Wildman–Crippen MR) is 94.3 cm³/mol. The maximum Gasteiger partial charge on any atom is 0.358 e. The number of nitrogens with one attached hydrogen (secondary N) is 1. The third-order valence-electron chi connectivity index (χ3n) is 3.71. The molecule has 3 rings (SSSR count). The SMILES string of the molecule is COC(=O)c1ccc(N[C@H](c2cccc(C)c2)c2ccccn2)nn1. The minimum Gasteiger partial charge on any atom is -0.464 e. The van der Waals surface area contributed by atoms with Crippen molar-refractivity contribution in [3.63, 3.8) is 0 Å². The van der Waals surface area contributed by atoms with Crippen LogP contribution in [0.5, 0.6) is 0 Å². The predicted octanol–water partition coefficient (Wildman–Crippen LogP) is 3.17. The van der Waals surface area contributed by atoms with E-state index in [0.717, 1.165) is 16.8 Å². The first-order valence-electron chi connectivity index (χ1n) is 7.83. The molecule has 0 radical (unpaired) electrons. The number of methoxy groups -OCH3 is 1. The Hall–Kier alpha value is -3.28. The van der Waals surface area contributed by atoms with Crippen LogP contribution in [0.2, 0.25) is 0 Å². The fourth-order valence-electron chi connectivity index (χ4n) is 2.50. The fraction of sp³-hybridized carbons (Fsp3) is 0.158. The van der Waals surface area contributed by atoms with Gasteiger partial charge in [-0.15, -0.1) is 10.2 Å². The highest BCUT2D eigenvalue weighted by molar-refractivity contribution is 5.86. The highest BCUT2D eigenvalue weighted by atomic mass is 16.5. The van der Waals surface area contributed by atoms with Crippen LogP contribution in [0.3, 0.4) is 0 Å². The molecule has 25 heavy (non-hydrogen) atoms. The average molecular weight is 334 g/mol. The molecule has 3 aromatic rings. The average Bonchev–Trinajstić information content (AvgIpc) is 2.66. The summed E-state index contributed by atoms with van der Waals surface area (Å²) in [4.78, 5) is 15.9. The third-order valence-corrected chi connectivity index (χ3v) is 3.71. The second kappa shape index (κ2) is 7.53. The van der Waals surface area contributed by atoms with Crippen LogP contribution in [0, 0.1) is 6.92 Å². The van der Waals surface area contributed by atoms with E-state index in [1.807, 2.05) is 43.3 Å². The van der Waals surface area contributed by atoms with Gasteiger partial charge < -0.3 is 10.1 Å². The molecule has 1 atom stereocenters. The molecule has 0 fully saturated rings. The number of ether oxygens (including phenoxy) is 1. The molecular weight excluding hydrogens is 316 g/mol. The quantitative estimate of drug-likeness (QED) is 0.722. The highest BCUT2D eigenvalue weighted by Crippen LogP contribution is 2.25. The van der Waals surface area contributed by atoms with Gasteiger partial charge >= 0.3 is 5.97 Å². The smallest absolute Gasteiger partial charge is 0.358 e. The Kier molecular flexibility index (Phi) is 4.99. The Morgan fingerprint density at radius 2 is 1.96 bits per heavy atom. The molecule has 0 aliphatic rings. The number of esters is 1. The summed E-state index contributed by atoms with van der Waals surface area (Å²) in [6.07, 6.45) is 1.76. The lowest BCUT2D eigenvalue weighted by molar-refractivity contribution is 0.0593. The molecule has 126 valence electrons. The van der Waals surface area contributed by atoms with Crippen molar-refractivity contribution in [1.82, 2.24) is 15.2 Å². The minimum atomic E-state index is -0.515. The van der Waals surface area contributed by atoms with Crippen LogP contribution in [-0.2, 0) is 4.74 Å². The summed E-state index contributed by atoms with van der Waals surface area (Å²) < 4.78 is 4.64. The normalized spacial score (nSPS) is 11.6. The van der Waals surface area contributed by atoms with Gasteiger partial charge in [-0.25, -0.2) is 4.79 Å². The largest absolute Gasteiger partial charge is 0.464 e. The van der Waals surface area contributed by atoms with Gasteiger partial charge in [0, 0.05) is 6.20 Å². The Balaban J connectivity index is 1.91. The number of hydrogen-bond acceptors (Lipinski definition) is 6. The zero-order chi connectivity index (χ0) is 17.6. The van der Waals surface area contributed by atoms with Gasteiger partial charge in [0.15, 0.2) is 5.69 Å². The van der Waals surface area contributed by atoms with E-state index in [9.17, 15) is 4.79 Å². The van der Waals surface area contributed by atoms with Crippen LogP contribution in [-0.4, -0.2) is 28.3 Å². The van der Waals surface area contributed by atoms with Crippen LogP contribution in [0.25, 0.3) is 0 Å². The molecule has 2 heterocycles. The maximum atomic E-state index is 11.5. The van der Waals surface area contributed by atoms with Gasteiger partial charge in [-0.2, -0.15) is 0 Å². The van der Waals surface area contributed by atoms with Gasteiger partial charge in [0.2, 0.25) is 0 Å². The molecule has 0 aliphatic heterocycles. The van der Waals surface area contributed by atoms with E-state index in [2.05, 4.69) is 31.3 Å². The summed E-state index contributed by atoms with van der Waals surface area (Å²) in [5.74, 6) is 0.0313. The van der Waals surface area contributed by atoms with E-state index in [1.54, 1.807) is 18.3 Å². The standard InChI is InChI=1S/C19H18N4O2/c1-13-6-5-7-14(12-13)18(15-8-3-4-11-20-15)21-17-10-9-16(22-23-17)19(24)25-2/h3-12,18H,1-2H3,(H,21,23)/t18-/m1/s1. The fourth-order valence-corrected chi connectivity index (χ4v) is 2.50. The van der Waals surface area contributed by atoms with Crippen LogP contribution < -0.4 is 5.32 Å². The van der Waals surface area contributed by atoms with E-state index in [4.69, 9.17) is 0 Å². The molecule has 0 bridgehead atoms. The van der Waals surface area contributed by atoms with E-state index in [1.165, 1.54) is 7.11 Å². The zero-order valence-corrected chi connectivity index (χ0v) is 14.0. The summed E-state index contributed by atoms with van der Waals surface area (Å²) in [6.45, 7) is 2.05. The molecule has 1 N–H and O–H groups in total. The van der Waals surface area contributed by atoms with Gasteiger partial charge in [-0.05, 0) is 36.8 Å². The minimum absolute atomic E-state index is 0.165. The second-order valence-corrected chi connectivity index (χ2v) is 5.54. The molecule has 6 nitrogen and oxygen atoms in total. The number of anilines is 1. The third kappa shape index (κ3) is 3.98. The monoisotopic (exact) mass is 334 g/mol. The number of hydrogen-bond donors (Lipinski definition) is 1. The summed E-state index contributed by atoms with van der Waals surface area (Å²) in [5, 5.41) is 11.3. The lowest BCUT2D eigenvalue weighted by Gasteiger charge is -2.19. The van der Waals surface area contributed by atoms with Crippen molar-refractivity contribution >= 4 is 11.8 Å². The van der Waals surface area contributed by atoms with Crippen molar-refractivity contribution in [3.05, 3.63) is 83.3 Å². The van der Waals surface area contributed by atoms with E-state index < -0.39 is 5.97 Å². The van der Waals surface area contributed by atoms with Crippen molar-refractivity contribution in [1.29, 1.82) is 0 Å². The number of rotatable bonds is 5. The zero-order valence-electron chi connectivity index (χ0n) is 14.0. The Morgan fingerprint density at radius 1 is 1.08 bits per heavy atom. The van der Waals surface area contributed by atoms with Crippen LogP contribution in [0.1, 0.15) is 33.4 Å². The molecule has 0 amide bonds. The molecule has 6 heteroatoms.